The Morgan fingerprint density at radius 2 is 2.05 bits per heavy atom. The van der Waals surface area contributed by atoms with Gasteiger partial charge in [-0.25, -0.2) is 9.18 Å². The van der Waals surface area contributed by atoms with Crippen molar-refractivity contribution in [2.24, 2.45) is 5.92 Å². The normalized spacial score (nSPS) is 25.8. The number of amides is 3. The third kappa shape index (κ3) is 2.83. The monoisotopic (exact) mass is 305 g/mol. The Kier molecular flexibility index (Phi) is 4.11. The Labute approximate surface area is 129 Å². The van der Waals surface area contributed by atoms with Gasteiger partial charge in [-0.3, -0.25) is 14.6 Å². The van der Waals surface area contributed by atoms with Gasteiger partial charge in [-0.2, -0.15) is 0 Å². The second-order valence-corrected chi connectivity index (χ2v) is 6.08. The SMILES string of the molecule is C[C@H]1C[C@@H](c2ccccc2F)N(CCN2C(=O)CNC2=O)C1. The van der Waals surface area contributed by atoms with E-state index < -0.39 is 0 Å². The number of nitrogens with one attached hydrogen (secondary N) is 1. The van der Waals surface area contributed by atoms with Crippen LogP contribution in [-0.2, 0) is 4.79 Å². The number of hydrogen-bond acceptors (Lipinski definition) is 3. The van der Waals surface area contributed by atoms with Crippen molar-refractivity contribution in [3.8, 4) is 0 Å². The molecule has 2 heterocycles. The van der Waals surface area contributed by atoms with Crippen LogP contribution in [0.2, 0.25) is 0 Å². The van der Waals surface area contributed by atoms with E-state index >= 15 is 0 Å². The predicted molar refractivity (Wildman–Crippen MR) is 79.6 cm³/mol. The first-order valence-electron chi connectivity index (χ1n) is 7.63. The topological polar surface area (TPSA) is 52.6 Å². The summed E-state index contributed by atoms with van der Waals surface area (Å²) in [6.07, 6.45) is 0.890. The predicted octanol–water partition coefficient (Wildman–Crippen LogP) is 1.76. The summed E-state index contributed by atoms with van der Waals surface area (Å²) in [6, 6.07) is 6.51. The number of likely N-dealkylation sites (tertiary alicyclic amines) is 1. The van der Waals surface area contributed by atoms with Crippen molar-refractivity contribution >= 4 is 11.9 Å². The minimum atomic E-state index is -0.334. The molecule has 0 spiro atoms. The Morgan fingerprint density at radius 3 is 2.73 bits per heavy atom. The van der Waals surface area contributed by atoms with Crippen LogP contribution in [0.4, 0.5) is 9.18 Å². The summed E-state index contributed by atoms with van der Waals surface area (Å²) in [5.41, 5.74) is 0.698. The second kappa shape index (κ2) is 6.04. The first-order chi connectivity index (χ1) is 10.6. The van der Waals surface area contributed by atoms with Crippen LogP contribution in [0.25, 0.3) is 0 Å². The molecule has 2 saturated heterocycles. The van der Waals surface area contributed by atoms with Gasteiger partial charge in [0.1, 0.15) is 5.82 Å². The Hall–Kier alpha value is -1.95. The van der Waals surface area contributed by atoms with Crippen LogP contribution in [0.1, 0.15) is 24.9 Å². The van der Waals surface area contributed by atoms with Gasteiger partial charge in [-0.15, -0.1) is 0 Å². The molecule has 22 heavy (non-hydrogen) atoms. The highest BCUT2D eigenvalue weighted by molar-refractivity contribution is 6.01. The van der Waals surface area contributed by atoms with E-state index in [2.05, 4.69) is 17.1 Å². The zero-order valence-corrected chi connectivity index (χ0v) is 12.6. The minimum Gasteiger partial charge on any atom is -0.329 e. The maximum absolute atomic E-state index is 14.1. The van der Waals surface area contributed by atoms with Crippen LogP contribution in [0.3, 0.4) is 0 Å². The summed E-state index contributed by atoms with van der Waals surface area (Å²) in [6.45, 7) is 3.99. The number of rotatable bonds is 4. The van der Waals surface area contributed by atoms with Gasteiger partial charge in [0.05, 0.1) is 6.54 Å². The molecule has 1 aromatic carbocycles. The number of carbonyl (C=O) groups is 2. The highest BCUT2D eigenvalue weighted by Gasteiger charge is 2.34. The first kappa shape index (κ1) is 15.0. The van der Waals surface area contributed by atoms with Crippen LogP contribution in [0, 0.1) is 11.7 Å². The van der Waals surface area contributed by atoms with Crippen molar-refractivity contribution in [2.45, 2.75) is 19.4 Å². The average molecular weight is 305 g/mol. The minimum absolute atomic E-state index is 0.0111. The number of benzene rings is 1. The zero-order chi connectivity index (χ0) is 15.7. The van der Waals surface area contributed by atoms with Gasteiger partial charge in [-0.1, -0.05) is 25.1 Å². The average Bonchev–Trinajstić information content (AvgIpc) is 3.01. The van der Waals surface area contributed by atoms with E-state index in [0.717, 1.165) is 13.0 Å². The molecule has 1 aromatic rings. The third-order valence-corrected chi connectivity index (χ3v) is 4.42. The fraction of sp³-hybridized carbons (Fsp3) is 0.500. The Bertz CT molecular complexity index is 577. The molecule has 0 aliphatic carbocycles. The second-order valence-electron chi connectivity index (χ2n) is 6.08. The van der Waals surface area contributed by atoms with E-state index in [0.29, 0.717) is 24.6 Å². The molecule has 0 saturated carbocycles. The maximum atomic E-state index is 14.1. The summed E-state index contributed by atoms with van der Waals surface area (Å²) in [7, 11) is 0. The molecule has 2 aliphatic rings. The summed E-state index contributed by atoms with van der Waals surface area (Å²) in [5.74, 6) is 0.0778. The fourth-order valence-electron chi connectivity index (χ4n) is 3.36. The van der Waals surface area contributed by atoms with Gasteiger partial charge >= 0.3 is 6.03 Å². The highest BCUT2D eigenvalue weighted by Crippen LogP contribution is 2.36. The molecule has 2 fully saturated rings. The Balaban J connectivity index is 1.70. The van der Waals surface area contributed by atoms with Crippen molar-refractivity contribution in [1.29, 1.82) is 0 Å². The lowest BCUT2D eigenvalue weighted by Gasteiger charge is -2.26. The van der Waals surface area contributed by atoms with Crippen molar-refractivity contribution < 1.29 is 14.0 Å². The van der Waals surface area contributed by atoms with Crippen LogP contribution in [-0.4, -0.2) is 47.9 Å². The van der Waals surface area contributed by atoms with E-state index in [1.807, 2.05) is 12.1 Å². The number of imide groups is 1. The van der Waals surface area contributed by atoms with Gasteiger partial charge < -0.3 is 5.32 Å². The van der Waals surface area contributed by atoms with E-state index in [4.69, 9.17) is 0 Å². The highest BCUT2D eigenvalue weighted by atomic mass is 19.1. The summed E-state index contributed by atoms with van der Waals surface area (Å²) < 4.78 is 14.1. The molecule has 3 amide bonds. The third-order valence-electron chi connectivity index (χ3n) is 4.42. The van der Waals surface area contributed by atoms with E-state index in [1.165, 1.54) is 11.0 Å². The first-order valence-corrected chi connectivity index (χ1v) is 7.63. The lowest BCUT2D eigenvalue weighted by molar-refractivity contribution is -0.125. The lowest BCUT2D eigenvalue weighted by atomic mass is 10.0. The Morgan fingerprint density at radius 1 is 1.27 bits per heavy atom. The lowest BCUT2D eigenvalue weighted by Crippen LogP contribution is -2.39. The fourth-order valence-corrected chi connectivity index (χ4v) is 3.36. The molecule has 2 atom stereocenters. The smallest absolute Gasteiger partial charge is 0.324 e. The standard InChI is InChI=1S/C16H20FN3O2/c1-11-8-14(12-4-2-3-5-13(12)17)19(10-11)6-7-20-15(21)9-18-16(20)22/h2-5,11,14H,6-10H2,1H3,(H,18,22)/t11-,14-/m0/s1. The molecule has 0 bridgehead atoms. The van der Waals surface area contributed by atoms with Gasteiger partial charge in [0.15, 0.2) is 0 Å². The van der Waals surface area contributed by atoms with Crippen molar-refractivity contribution in [1.82, 2.24) is 15.1 Å². The maximum Gasteiger partial charge on any atom is 0.324 e. The van der Waals surface area contributed by atoms with E-state index in [1.54, 1.807) is 6.07 Å². The summed E-state index contributed by atoms with van der Waals surface area (Å²) >= 11 is 0. The van der Waals surface area contributed by atoms with Gasteiger partial charge in [0.2, 0.25) is 5.91 Å². The number of nitrogens with zero attached hydrogens (tertiary/aromatic N) is 2. The number of halogens is 1. The quantitative estimate of drug-likeness (QED) is 0.863. The number of urea groups is 1. The van der Waals surface area contributed by atoms with Crippen LogP contribution in [0.15, 0.2) is 24.3 Å². The van der Waals surface area contributed by atoms with Crippen LogP contribution < -0.4 is 5.32 Å². The van der Waals surface area contributed by atoms with E-state index in [-0.39, 0.29) is 30.3 Å². The summed E-state index contributed by atoms with van der Waals surface area (Å²) in [4.78, 5) is 26.6. The van der Waals surface area contributed by atoms with Crippen molar-refractivity contribution in [2.75, 3.05) is 26.2 Å². The van der Waals surface area contributed by atoms with Gasteiger partial charge in [0, 0.05) is 31.2 Å². The van der Waals surface area contributed by atoms with Gasteiger partial charge in [0.25, 0.3) is 0 Å². The molecule has 2 aliphatic heterocycles. The van der Waals surface area contributed by atoms with Gasteiger partial charge in [-0.05, 0) is 18.4 Å². The molecule has 0 unspecified atom stereocenters. The van der Waals surface area contributed by atoms with E-state index in [9.17, 15) is 14.0 Å². The number of hydrogen-bond donors (Lipinski definition) is 1. The largest absolute Gasteiger partial charge is 0.329 e. The molecule has 1 N–H and O–H groups in total. The molecular weight excluding hydrogens is 285 g/mol. The molecule has 6 heteroatoms. The molecule has 5 nitrogen and oxygen atoms in total. The molecule has 3 rings (SSSR count). The molecular formula is C16H20FN3O2. The summed E-state index contributed by atoms with van der Waals surface area (Å²) in [5, 5.41) is 2.51. The molecule has 0 radical (unpaired) electrons. The molecule has 118 valence electrons. The number of carbonyl (C=O) groups excluding carboxylic acids is 2. The molecule has 0 aromatic heterocycles. The van der Waals surface area contributed by atoms with Crippen molar-refractivity contribution in [3.05, 3.63) is 35.6 Å². The van der Waals surface area contributed by atoms with Crippen molar-refractivity contribution in [3.63, 3.8) is 0 Å². The van der Waals surface area contributed by atoms with Crippen LogP contribution in [0.5, 0.6) is 0 Å². The zero-order valence-electron chi connectivity index (χ0n) is 12.6. The van der Waals surface area contributed by atoms with Crippen LogP contribution >= 0.6 is 0 Å².